The normalized spacial score (nSPS) is 24.0. The third kappa shape index (κ3) is 2.28. The van der Waals surface area contributed by atoms with E-state index in [1.165, 1.54) is 0 Å². The molecule has 0 unspecified atom stereocenters. The van der Waals surface area contributed by atoms with E-state index in [1.807, 2.05) is 0 Å². The van der Waals surface area contributed by atoms with E-state index in [2.05, 4.69) is 5.32 Å². The van der Waals surface area contributed by atoms with Crippen LogP contribution in [-0.2, 0) is 4.74 Å². The lowest BCUT2D eigenvalue weighted by atomic mass is 9.89. The molecule has 0 heterocycles. The highest BCUT2D eigenvalue weighted by atomic mass is 35.5. The van der Waals surface area contributed by atoms with Crippen molar-refractivity contribution in [3.8, 4) is 0 Å². The number of ether oxygens (including phenoxy) is 1. The van der Waals surface area contributed by atoms with Crippen LogP contribution in [0.25, 0.3) is 0 Å². The van der Waals surface area contributed by atoms with E-state index in [0.29, 0.717) is 0 Å². The van der Waals surface area contributed by atoms with Gasteiger partial charge in [-0.05, 0) is 18.9 Å². The Kier molecular flexibility index (Phi) is 3.30. The molecule has 0 amide bonds. The van der Waals surface area contributed by atoms with E-state index < -0.39 is 11.6 Å². The maximum absolute atomic E-state index is 13.4. The quantitative estimate of drug-likeness (QED) is 0.886. The number of halogens is 3. The van der Waals surface area contributed by atoms with Gasteiger partial charge in [-0.15, -0.1) is 0 Å². The Bertz CT molecular complexity index is 371. The zero-order chi connectivity index (χ0) is 11.7. The molecule has 0 saturated heterocycles. The minimum atomic E-state index is -0.670. The van der Waals surface area contributed by atoms with Gasteiger partial charge in [-0.2, -0.15) is 0 Å². The van der Waals surface area contributed by atoms with Crippen LogP contribution >= 0.6 is 11.6 Å². The van der Waals surface area contributed by atoms with Gasteiger partial charge >= 0.3 is 0 Å². The zero-order valence-corrected chi connectivity index (χ0v) is 9.52. The van der Waals surface area contributed by atoms with Crippen molar-refractivity contribution in [3.05, 3.63) is 28.8 Å². The molecule has 0 bridgehead atoms. The summed E-state index contributed by atoms with van der Waals surface area (Å²) >= 11 is 5.76. The van der Waals surface area contributed by atoms with Crippen LogP contribution in [0.1, 0.15) is 12.8 Å². The number of hydrogen-bond acceptors (Lipinski definition) is 2. The molecule has 2 rings (SSSR count). The molecular formula is C11H12ClF2NO. The van der Waals surface area contributed by atoms with Crippen LogP contribution < -0.4 is 5.32 Å². The van der Waals surface area contributed by atoms with Crippen LogP contribution in [0.4, 0.5) is 14.5 Å². The molecule has 1 fully saturated rings. The predicted molar refractivity (Wildman–Crippen MR) is 58.8 cm³/mol. The molecule has 0 spiro atoms. The molecule has 1 aliphatic carbocycles. The van der Waals surface area contributed by atoms with Gasteiger partial charge in [-0.3, -0.25) is 0 Å². The van der Waals surface area contributed by atoms with E-state index in [0.717, 1.165) is 25.0 Å². The van der Waals surface area contributed by atoms with Gasteiger partial charge in [0.1, 0.15) is 5.82 Å². The molecule has 1 aromatic rings. The van der Waals surface area contributed by atoms with Crippen molar-refractivity contribution in [2.75, 3.05) is 12.4 Å². The molecule has 1 aliphatic rings. The summed E-state index contributed by atoms with van der Waals surface area (Å²) in [5, 5.41) is 3.02. The molecule has 1 saturated carbocycles. The van der Waals surface area contributed by atoms with Gasteiger partial charge in [0.15, 0.2) is 5.82 Å². The smallest absolute Gasteiger partial charge is 0.150 e. The predicted octanol–water partition coefficient (Wildman–Crippen LogP) is 3.21. The SMILES string of the molecule is COC1CC(Nc2c(F)cc(F)cc2Cl)C1. The molecule has 2 nitrogen and oxygen atoms in total. The average molecular weight is 248 g/mol. The molecular weight excluding hydrogens is 236 g/mol. The lowest BCUT2D eigenvalue weighted by molar-refractivity contribution is 0.0328. The van der Waals surface area contributed by atoms with E-state index in [1.54, 1.807) is 7.11 Å². The van der Waals surface area contributed by atoms with E-state index in [9.17, 15) is 8.78 Å². The van der Waals surface area contributed by atoms with Gasteiger partial charge in [0, 0.05) is 19.2 Å². The van der Waals surface area contributed by atoms with Crippen molar-refractivity contribution in [1.29, 1.82) is 0 Å². The highest BCUT2D eigenvalue weighted by molar-refractivity contribution is 6.33. The maximum Gasteiger partial charge on any atom is 0.150 e. The second-order valence-corrected chi connectivity index (χ2v) is 4.32. The summed E-state index contributed by atoms with van der Waals surface area (Å²) in [5.74, 6) is -1.33. The fourth-order valence-corrected chi connectivity index (χ4v) is 2.01. The first-order valence-corrected chi connectivity index (χ1v) is 5.42. The van der Waals surface area contributed by atoms with Gasteiger partial charge in [-0.25, -0.2) is 8.78 Å². The number of anilines is 1. The molecule has 5 heteroatoms. The summed E-state index contributed by atoms with van der Waals surface area (Å²) in [7, 11) is 1.65. The first-order chi connectivity index (χ1) is 7.60. The minimum Gasteiger partial charge on any atom is -0.381 e. The Balaban J connectivity index is 2.05. The maximum atomic E-state index is 13.4. The summed E-state index contributed by atoms with van der Waals surface area (Å²) in [4.78, 5) is 0. The fraction of sp³-hybridized carbons (Fsp3) is 0.455. The Labute approximate surface area is 97.5 Å². The van der Waals surface area contributed by atoms with Gasteiger partial charge in [0.25, 0.3) is 0 Å². The number of hydrogen-bond donors (Lipinski definition) is 1. The summed E-state index contributed by atoms with van der Waals surface area (Å²) in [5.41, 5.74) is 0.169. The molecule has 0 aliphatic heterocycles. The molecule has 0 atom stereocenters. The lowest BCUT2D eigenvalue weighted by Crippen LogP contribution is -2.40. The number of benzene rings is 1. The van der Waals surface area contributed by atoms with Gasteiger partial charge < -0.3 is 10.1 Å². The Morgan fingerprint density at radius 3 is 2.62 bits per heavy atom. The number of methoxy groups -OCH3 is 1. The van der Waals surface area contributed by atoms with E-state index in [-0.39, 0.29) is 22.9 Å². The summed E-state index contributed by atoms with van der Waals surface area (Å²) in [6.45, 7) is 0. The van der Waals surface area contributed by atoms with Crippen molar-refractivity contribution in [2.24, 2.45) is 0 Å². The van der Waals surface area contributed by atoms with Gasteiger partial charge in [-0.1, -0.05) is 11.6 Å². The first-order valence-electron chi connectivity index (χ1n) is 5.04. The topological polar surface area (TPSA) is 21.3 Å². The number of nitrogens with one attached hydrogen (secondary N) is 1. The molecule has 1 aromatic carbocycles. The van der Waals surface area contributed by atoms with Crippen LogP contribution in [0.3, 0.4) is 0 Å². The van der Waals surface area contributed by atoms with Crippen molar-refractivity contribution < 1.29 is 13.5 Å². The van der Waals surface area contributed by atoms with Crippen LogP contribution in [-0.4, -0.2) is 19.3 Å². The highest BCUT2D eigenvalue weighted by Crippen LogP contribution is 2.32. The van der Waals surface area contributed by atoms with Crippen LogP contribution in [0, 0.1) is 11.6 Å². The van der Waals surface area contributed by atoms with Crippen molar-refractivity contribution >= 4 is 17.3 Å². The van der Waals surface area contributed by atoms with Gasteiger partial charge in [0.2, 0.25) is 0 Å². The minimum absolute atomic E-state index is 0.0679. The van der Waals surface area contributed by atoms with Crippen molar-refractivity contribution in [2.45, 2.75) is 25.0 Å². The van der Waals surface area contributed by atoms with Crippen LogP contribution in [0.15, 0.2) is 12.1 Å². The molecule has 0 radical (unpaired) electrons. The Hall–Kier alpha value is -0.870. The summed E-state index contributed by atoms with van der Waals surface area (Å²) in [6, 6.07) is 2.06. The highest BCUT2D eigenvalue weighted by Gasteiger charge is 2.29. The van der Waals surface area contributed by atoms with Crippen molar-refractivity contribution in [3.63, 3.8) is 0 Å². The molecule has 0 aromatic heterocycles. The Morgan fingerprint density at radius 2 is 2.06 bits per heavy atom. The lowest BCUT2D eigenvalue weighted by Gasteiger charge is -2.35. The fourth-order valence-electron chi connectivity index (χ4n) is 1.76. The number of rotatable bonds is 3. The summed E-state index contributed by atoms with van der Waals surface area (Å²) in [6.07, 6.45) is 1.84. The standard InChI is InChI=1S/C11H12ClF2NO/c1-16-8-4-7(5-8)15-11-9(12)2-6(13)3-10(11)14/h2-3,7-8,15H,4-5H2,1H3. The molecule has 1 N–H and O–H groups in total. The van der Waals surface area contributed by atoms with Crippen LogP contribution in [0.2, 0.25) is 5.02 Å². The molecule has 88 valence electrons. The third-order valence-electron chi connectivity index (χ3n) is 2.78. The monoisotopic (exact) mass is 247 g/mol. The van der Waals surface area contributed by atoms with Crippen molar-refractivity contribution in [1.82, 2.24) is 0 Å². The second-order valence-electron chi connectivity index (χ2n) is 3.91. The van der Waals surface area contributed by atoms with E-state index in [4.69, 9.17) is 16.3 Å². The summed E-state index contributed by atoms with van der Waals surface area (Å²) < 4.78 is 31.3. The van der Waals surface area contributed by atoms with Crippen LogP contribution in [0.5, 0.6) is 0 Å². The second kappa shape index (κ2) is 4.55. The largest absolute Gasteiger partial charge is 0.381 e. The zero-order valence-electron chi connectivity index (χ0n) is 8.77. The molecule has 16 heavy (non-hydrogen) atoms. The average Bonchev–Trinajstić information content (AvgIpc) is 2.13. The van der Waals surface area contributed by atoms with E-state index >= 15 is 0 Å². The Morgan fingerprint density at radius 1 is 1.38 bits per heavy atom. The third-order valence-corrected chi connectivity index (χ3v) is 3.08. The first kappa shape index (κ1) is 11.6. The van der Waals surface area contributed by atoms with Gasteiger partial charge in [0.05, 0.1) is 16.8 Å².